The Labute approximate surface area is 425 Å². The van der Waals surface area contributed by atoms with E-state index in [1.165, 1.54) is 33.1 Å². The number of ether oxygens (including phenoxy) is 8. The molecule has 0 bridgehead atoms. The highest BCUT2D eigenvalue weighted by molar-refractivity contribution is 9.10. The first kappa shape index (κ1) is 59.6. The molecule has 1 aromatic rings. The van der Waals surface area contributed by atoms with E-state index >= 15 is 0 Å². The van der Waals surface area contributed by atoms with Gasteiger partial charge in [0.2, 0.25) is 0 Å². The molecule has 1 aromatic carbocycles. The van der Waals surface area contributed by atoms with Gasteiger partial charge < -0.3 is 73.6 Å². The van der Waals surface area contributed by atoms with Crippen LogP contribution in [0.2, 0.25) is 0 Å². The second-order valence-electron chi connectivity index (χ2n) is 19.3. The first-order chi connectivity index (χ1) is 33.3. The summed E-state index contributed by atoms with van der Waals surface area (Å²) in [4.78, 5) is 40.3. The lowest BCUT2D eigenvalue weighted by molar-refractivity contribution is -0.333. The number of halogens is 1. The van der Waals surface area contributed by atoms with Gasteiger partial charge in [0.25, 0.3) is 0 Å². The number of carbonyl (C=O) groups excluding carboxylic acids is 3. The Hall–Kier alpha value is -3.99. The van der Waals surface area contributed by atoms with E-state index in [2.05, 4.69) is 15.9 Å². The number of aromatic hydroxyl groups is 2. The number of methoxy groups -OCH3 is 1. The smallest absolute Gasteiger partial charge is 0.342 e. The molecule has 14 atom stereocenters. The van der Waals surface area contributed by atoms with Gasteiger partial charge in [-0.25, -0.2) is 9.59 Å². The molecule has 14 unspecified atom stereocenters. The van der Waals surface area contributed by atoms with Gasteiger partial charge in [-0.1, -0.05) is 63.6 Å². The number of esters is 3. The van der Waals surface area contributed by atoms with Gasteiger partial charge in [-0.05, 0) is 113 Å². The number of benzene rings is 1. The minimum atomic E-state index is -1.54. The summed E-state index contributed by atoms with van der Waals surface area (Å²) in [5.41, 5.74) is 0.775. The highest BCUT2D eigenvalue weighted by atomic mass is 79.9. The van der Waals surface area contributed by atoms with Crippen molar-refractivity contribution in [3.63, 3.8) is 0 Å². The van der Waals surface area contributed by atoms with Crippen LogP contribution >= 0.6 is 15.9 Å². The number of aliphatic hydroxyl groups excluding tert-OH is 5. The van der Waals surface area contributed by atoms with Crippen LogP contribution in [0.25, 0.3) is 0 Å². The van der Waals surface area contributed by atoms with Gasteiger partial charge >= 0.3 is 17.9 Å². The quantitative estimate of drug-likeness (QED) is 0.0711. The van der Waals surface area contributed by atoms with Gasteiger partial charge in [0, 0.05) is 19.4 Å². The molecule has 7 N–H and O–H groups in total. The molecular formula is C52H75BrO18. The van der Waals surface area contributed by atoms with Crippen molar-refractivity contribution in [1.29, 1.82) is 0 Å². The Balaban J connectivity index is 1.63. The van der Waals surface area contributed by atoms with Crippen LogP contribution in [-0.4, -0.2) is 153 Å². The monoisotopic (exact) mass is 1070 g/mol. The summed E-state index contributed by atoms with van der Waals surface area (Å²) in [6.07, 6.45) is -4.84. The lowest BCUT2D eigenvalue weighted by Gasteiger charge is -2.47. The van der Waals surface area contributed by atoms with Gasteiger partial charge in [0.1, 0.15) is 52.1 Å². The van der Waals surface area contributed by atoms with Crippen molar-refractivity contribution in [1.82, 2.24) is 0 Å². The maximum Gasteiger partial charge on any atom is 0.342 e. The van der Waals surface area contributed by atoms with E-state index in [1.807, 2.05) is 32.9 Å². The van der Waals surface area contributed by atoms with E-state index in [0.717, 1.165) is 0 Å². The summed E-state index contributed by atoms with van der Waals surface area (Å²) in [7, 11) is 1.29. The minimum Gasteiger partial charge on any atom is -0.507 e. The van der Waals surface area contributed by atoms with Crippen LogP contribution in [0.1, 0.15) is 111 Å². The number of phenolic OH excluding ortho intramolecular Hbond substituents is 2. The molecule has 2 fully saturated rings. The van der Waals surface area contributed by atoms with Crippen LogP contribution in [0.3, 0.4) is 0 Å². The Bertz CT molecular complexity index is 2160. The lowest BCUT2D eigenvalue weighted by atomic mass is 9.88. The Kier molecular flexibility index (Phi) is 22.1. The topological polar surface area (TPSA) is 267 Å². The zero-order valence-corrected chi connectivity index (χ0v) is 44.3. The second-order valence-corrected chi connectivity index (χ2v) is 20.1. The van der Waals surface area contributed by atoms with Crippen molar-refractivity contribution >= 4 is 33.8 Å². The van der Waals surface area contributed by atoms with Crippen LogP contribution in [0.5, 0.6) is 11.5 Å². The van der Waals surface area contributed by atoms with Crippen LogP contribution < -0.4 is 0 Å². The minimum absolute atomic E-state index is 0.0185. The van der Waals surface area contributed by atoms with E-state index < -0.39 is 127 Å². The summed E-state index contributed by atoms with van der Waals surface area (Å²) in [5, 5.41) is 76.9. The second kappa shape index (κ2) is 26.3. The number of rotatable bonds is 13. The molecule has 71 heavy (non-hydrogen) atoms. The predicted molar refractivity (Wildman–Crippen MR) is 263 cm³/mol. The highest BCUT2D eigenvalue weighted by Gasteiger charge is 2.53. The number of allylic oxidation sites excluding steroid dienone is 4. The average Bonchev–Trinajstić information content (AvgIpc) is 3.30. The Morgan fingerprint density at radius 3 is 2.23 bits per heavy atom. The van der Waals surface area contributed by atoms with Gasteiger partial charge in [-0.3, -0.25) is 4.79 Å². The zero-order valence-electron chi connectivity index (χ0n) is 42.7. The first-order valence-electron chi connectivity index (χ1n) is 24.1. The third kappa shape index (κ3) is 15.1. The van der Waals surface area contributed by atoms with Gasteiger partial charge in [0.15, 0.2) is 24.8 Å². The molecule has 0 radical (unpaired) electrons. The van der Waals surface area contributed by atoms with Crippen LogP contribution in [0.4, 0.5) is 0 Å². The fourth-order valence-corrected chi connectivity index (χ4v) is 8.76. The molecule has 0 saturated carbocycles. The first-order valence-corrected chi connectivity index (χ1v) is 24.9. The summed E-state index contributed by atoms with van der Waals surface area (Å²) in [6, 6.07) is 1.32. The number of aliphatic hydroxyl groups is 5. The molecule has 398 valence electrons. The molecule has 18 nitrogen and oxygen atoms in total. The van der Waals surface area contributed by atoms with E-state index in [0.29, 0.717) is 28.7 Å². The molecule has 0 aliphatic carbocycles. The van der Waals surface area contributed by atoms with Crippen molar-refractivity contribution in [3.8, 4) is 11.5 Å². The molecule has 3 heterocycles. The normalized spacial score (nSPS) is 31.8. The maximum atomic E-state index is 14.0. The van der Waals surface area contributed by atoms with E-state index in [4.69, 9.17) is 37.9 Å². The van der Waals surface area contributed by atoms with Crippen molar-refractivity contribution in [3.05, 3.63) is 80.4 Å². The van der Waals surface area contributed by atoms with Crippen molar-refractivity contribution in [2.45, 2.75) is 187 Å². The zero-order chi connectivity index (χ0) is 53.2. The fourth-order valence-electron chi connectivity index (χ4n) is 8.45. The molecule has 4 rings (SSSR count). The maximum absolute atomic E-state index is 14.0. The van der Waals surface area contributed by atoms with Gasteiger partial charge in [0.05, 0.1) is 48.1 Å². The van der Waals surface area contributed by atoms with Crippen molar-refractivity contribution < 1.29 is 88.0 Å². The molecule has 19 heteroatoms. The van der Waals surface area contributed by atoms with E-state index in [9.17, 15) is 50.1 Å². The van der Waals surface area contributed by atoms with E-state index in [-0.39, 0.29) is 40.6 Å². The van der Waals surface area contributed by atoms with Crippen molar-refractivity contribution in [2.75, 3.05) is 13.7 Å². The summed E-state index contributed by atoms with van der Waals surface area (Å²) in [6.45, 7) is 18.2. The number of phenols is 2. The van der Waals surface area contributed by atoms with Gasteiger partial charge in [-0.15, -0.1) is 0 Å². The average molecular weight is 1070 g/mol. The molecule has 3 aliphatic rings. The molecule has 0 spiro atoms. The highest BCUT2D eigenvalue weighted by Crippen LogP contribution is 2.40. The third-order valence-electron chi connectivity index (χ3n) is 12.9. The molecule has 0 aromatic heterocycles. The summed E-state index contributed by atoms with van der Waals surface area (Å²) < 4.78 is 47.8. The predicted octanol–water partition coefficient (Wildman–Crippen LogP) is 5.69. The number of cyclic esters (lactones) is 1. The third-order valence-corrected chi connectivity index (χ3v) is 13.7. The number of hydrogen-bond donors (Lipinski definition) is 7. The Morgan fingerprint density at radius 2 is 1.62 bits per heavy atom. The SMILES string of the molecule is CCc1cc(O)c(Br)c(O)c1C(=O)OC1C(C)OC(OCC2=CC=CCC(O)C(C)=CC(CC)C(OC3OC(C)(C)C(O)C(O)C3OC(=O)C(C)C)C(C)=CC(C)=CCC(C(C)O)OC2=O)C(OC)C1O. The van der Waals surface area contributed by atoms with Crippen LogP contribution in [0, 0.1) is 11.8 Å². The van der Waals surface area contributed by atoms with Gasteiger partial charge in [-0.2, -0.15) is 0 Å². The molecular weight excluding hydrogens is 992 g/mol. The number of hydrogen-bond acceptors (Lipinski definition) is 18. The Morgan fingerprint density at radius 1 is 0.944 bits per heavy atom. The molecule has 3 aliphatic heterocycles. The molecule has 2 saturated heterocycles. The summed E-state index contributed by atoms with van der Waals surface area (Å²) in [5.74, 6) is -4.19. The number of carbonyl (C=O) groups is 3. The van der Waals surface area contributed by atoms with Crippen molar-refractivity contribution in [2.24, 2.45) is 11.8 Å². The fraction of sp³-hybridized carbons (Fsp3) is 0.635. The largest absolute Gasteiger partial charge is 0.507 e. The standard InChI is InChI=1S/C52H75BrO18/c1-13-31-23-35(56)38(53)39(57)37(31)49(63)68-43-30(9)66-50(44(64-12)40(43)58)65-24-33-17-15-16-18-34(55)27(6)22-32(14-2)42(28(7)21-26(5)19-20-36(29(8)54)67-48(33)62)70-51-45(69-47(61)25(3)4)41(59)46(60)52(10,11)71-51/h15-17,19,21-23,25,29-30,32,34,36,40-46,50-51,54-60H,13-14,18,20,24H2,1-12H3. The van der Waals surface area contributed by atoms with E-state index in [1.54, 1.807) is 59.8 Å². The van der Waals surface area contributed by atoms with Crippen LogP contribution in [-0.2, 0) is 53.9 Å². The number of aryl methyl sites for hydroxylation is 1. The summed E-state index contributed by atoms with van der Waals surface area (Å²) >= 11 is 3.07. The van der Waals surface area contributed by atoms with Crippen LogP contribution in [0.15, 0.2) is 69.3 Å². The lowest BCUT2D eigenvalue weighted by Crippen LogP contribution is -2.64. The molecule has 0 amide bonds.